The van der Waals surface area contributed by atoms with Crippen molar-refractivity contribution < 1.29 is 19.1 Å². The number of hydrogen-bond donors (Lipinski definition) is 0. The van der Waals surface area contributed by atoms with Crippen molar-refractivity contribution in [3.8, 4) is 0 Å². The van der Waals surface area contributed by atoms with Gasteiger partial charge in [-0.1, -0.05) is 0 Å². The molecule has 0 unspecified atom stereocenters. The molecule has 2 aromatic heterocycles. The normalized spacial score (nSPS) is 11.4. The summed E-state index contributed by atoms with van der Waals surface area (Å²) in [6.07, 6.45) is 2.45. The molecule has 0 N–H and O–H groups in total. The Kier molecular flexibility index (Phi) is 3.48. The van der Waals surface area contributed by atoms with Gasteiger partial charge >= 0.3 is 12.1 Å². The molecule has 6 nitrogen and oxygen atoms in total. The van der Waals surface area contributed by atoms with Crippen molar-refractivity contribution in [1.29, 1.82) is 0 Å². The second-order valence-corrected chi connectivity index (χ2v) is 5.27. The van der Waals surface area contributed by atoms with Gasteiger partial charge in [0.25, 0.3) is 0 Å². The predicted molar refractivity (Wildman–Crippen MR) is 72.7 cm³/mol. The zero-order chi connectivity index (χ0) is 14.9. The summed E-state index contributed by atoms with van der Waals surface area (Å²) < 4.78 is 11.2. The molecular weight excluding hydrogens is 260 g/mol. The molecule has 0 aromatic carbocycles. The molecule has 0 radical (unpaired) electrons. The monoisotopic (exact) mass is 276 g/mol. The first-order chi connectivity index (χ1) is 9.33. The van der Waals surface area contributed by atoms with Crippen LogP contribution in [0.1, 0.15) is 31.3 Å². The molecule has 0 aliphatic carbocycles. The molecule has 6 heteroatoms. The van der Waals surface area contributed by atoms with Gasteiger partial charge in [0.2, 0.25) is 0 Å². The number of fused-ring (bicyclic) bond motifs is 1. The molecule has 2 rings (SSSR count). The molecule has 0 saturated heterocycles. The van der Waals surface area contributed by atoms with Crippen molar-refractivity contribution in [2.75, 3.05) is 7.11 Å². The van der Waals surface area contributed by atoms with Crippen LogP contribution >= 0.6 is 0 Å². The SMILES string of the molecule is COC(=O)c1cc2ccncc2n1C(=O)OC(C)(C)C. The highest BCUT2D eigenvalue weighted by molar-refractivity contribution is 6.01. The Labute approximate surface area is 116 Å². The minimum Gasteiger partial charge on any atom is -0.464 e. The Morgan fingerprint density at radius 3 is 2.60 bits per heavy atom. The number of aromatic nitrogens is 2. The van der Waals surface area contributed by atoms with Gasteiger partial charge in [-0.3, -0.25) is 4.98 Å². The maximum absolute atomic E-state index is 12.3. The summed E-state index contributed by atoms with van der Waals surface area (Å²) in [4.78, 5) is 28.1. The van der Waals surface area contributed by atoms with E-state index in [1.165, 1.54) is 17.9 Å². The Balaban J connectivity index is 2.59. The number of ether oxygens (including phenoxy) is 2. The Hall–Kier alpha value is -2.37. The van der Waals surface area contributed by atoms with E-state index in [4.69, 9.17) is 9.47 Å². The summed E-state index contributed by atoms with van der Waals surface area (Å²) in [5, 5.41) is 0.714. The van der Waals surface area contributed by atoms with Crippen LogP contribution in [0.5, 0.6) is 0 Å². The third kappa shape index (κ3) is 2.64. The van der Waals surface area contributed by atoms with Crippen LogP contribution in [-0.2, 0) is 9.47 Å². The van der Waals surface area contributed by atoms with Gasteiger partial charge in [0.15, 0.2) is 0 Å². The highest BCUT2D eigenvalue weighted by Gasteiger charge is 2.25. The van der Waals surface area contributed by atoms with Gasteiger partial charge in [0.1, 0.15) is 11.3 Å². The minimum absolute atomic E-state index is 0.116. The lowest BCUT2D eigenvalue weighted by Crippen LogP contribution is -2.29. The number of hydrogen-bond acceptors (Lipinski definition) is 5. The number of carbonyl (C=O) groups is 2. The van der Waals surface area contributed by atoms with E-state index >= 15 is 0 Å². The second-order valence-electron chi connectivity index (χ2n) is 5.27. The van der Waals surface area contributed by atoms with Gasteiger partial charge in [-0.25, -0.2) is 14.2 Å². The summed E-state index contributed by atoms with van der Waals surface area (Å²) in [5.41, 5.74) is -0.0459. The van der Waals surface area contributed by atoms with E-state index in [-0.39, 0.29) is 5.69 Å². The Bertz CT molecular complexity index is 667. The van der Waals surface area contributed by atoms with Crippen LogP contribution in [0, 0.1) is 0 Å². The van der Waals surface area contributed by atoms with E-state index in [1.807, 2.05) is 0 Å². The molecular formula is C14H16N2O4. The maximum atomic E-state index is 12.3. The van der Waals surface area contributed by atoms with Crippen molar-refractivity contribution in [3.63, 3.8) is 0 Å². The van der Waals surface area contributed by atoms with Crippen LogP contribution in [0.2, 0.25) is 0 Å². The fourth-order valence-corrected chi connectivity index (χ4v) is 1.81. The quantitative estimate of drug-likeness (QED) is 0.749. The van der Waals surface area contributed by atoms with Gasteiger partial charge in [-0.05, 0) is 32.9 Å². The Morgan fingerprint density at radius 2 is 2.00 bits per heavy atom. The fourth-order valence-electron chi connectivity index (χ4n) is 1.81. The van der Waals surface area contributed by atoms with Gasteiger partial charge in [-0.15, -0.1) is 0 Å². The molecule has 0 saturated carbocycles. The zero-order valence-corrected chi connectivity index (χ0v) is 11.8. The van der Waals surface area contributed by atoms with Crippen LogP contribution in [0.4, 0.5) is 4.79 Å². The van der Waals surface area contributed by atoms with Gasteiger partial charge in [0, 0.05) is 11.6 Å². The molecule has 0 amide bonds. The van der Waals surface area contributed by atoms with Crippen molar-refractivity contribution in [2.24, 2.45) is 0 Å². The molecule has 0 atom stereocenters. The smallest absolute Gasteiger partial charge is 0.419 e. The second kappa shape index (κ2) is 4.96. The van der Waals surface area contributed by atoms with Crippen LogP contribution in [0.25, 0.3) is 10.9 Å². The number of carbonyl (C=O) groups excluding carboxylic acids is 2. The molecule has 106 valence electrons. The summed E-state index contributed by atoms with van der Waals surface area (Å²) in [5.74, 6) is -0.605. The van der Waals surface area contributed by atoms with Gasteiger partial charge in [-0.2, -0.15) is 0 Å². The molecule has 0 fully saturated rings. The van der Waals surface area contributed by atoms with E-state index in [9.17, 15) is 9.59 Å². The predicted octanol–water partition coefficient (Wildman–Crippen LogP) is 2.61. The van der Waals surface area contributed by atoms with Crippen LogP contribution in [0.15, 0.2) is 24.5 Å². The van der Waals surface area contributed by atoms with Crippen molar-refractivity contribution in [2.45, 2.75) is 26.4 Å². The lowest BCUT2D eigenvalue weighted by atomic mass is 10.2. The fraction of sp³-hybridized carbons (Fsp3) is 0.357. The third-order valence-electron chi connectivity index (χ3n) is 2.58. The van der Waals surface area contributed by atoms with Gasteiger partial charge < -0.3 is 9.47 Å². The standard InChI is InChI=1S/C14H16N2O4/c1-14(2,3)20-13(18)16-10(12(17)19-4)7-9-5-6-15-8-11(9)16/h5-8H,1-4H3. The summed E-state index contributed by atoms with van der Waals surface area (Å²) in [6.45, 7) is 5.27. The van der Waals surface area contributed by atoms with Crippen LogP contribution in [-0.4, -0.2) is 34.3 Å². The van der Waals surface area contributed by atoms with Gasteiger partial charge in [0.05, 0.1) is 18.8 Å². The first-order valence-corrected chi connectivity index (χ1v) is 6.10. The molecule has 0 aliphatic heterocycles. The highest BCUT2D eigenvalue weighted by Crippen LogP contribution is 2.21. The van der Waals surface area contributed by atoms with Crippen molar-refractivity contribution in [3.05, 3.63) is 30.2 Å². The number of esters is 1. The van der Waals surface area contributed by atoms with E-state index in [0.717, 1.165) is 0 Å². The first-order valence-electron chi connectivity index (χ1n) is 6.10. The molecule has 20 heavy (non-hydrogen) atoms. The molecule has 0 bridgehead atoms. The topological polar surface area (TPSA) is 70.4 Å². The van der Waals surface area contributed by atoms with Crippen LogP contribution < -0.4 is 0 Å². The molecule has 0 aliphatic rings. The largest absolute Gasteiger partial charge is 0.464 e. The number of pyridine rings is 1. The first kappa shape index (κ1) is 14.0. The summed E-state index contributed by atoms with van der Waals surface area (Å²) >= 11 is 0. The average Bonchev–Trinajstić information content (AvgIpc) is 2.75. The van der Waals surface area contributed by atoms with Crippen molar-refractivity contribution >= 4 is 23.0 Å². The maximum Gasteiger partial charge on any atom is 0.419 e. The van der Waals surface area contributed by atoms with E-state index in [0.29, 0.717) is 10.9 Å². The zero-order valence-electron chi connectivity index (χ0n) is 11.8. The number of rotatable bonds is 1. The van der Waals surface area contributed by atoms with Crippen LogP contribution in [0.3, 0.4) is 0 Å². The third-order valence-corrected chi connectivity index (χ3v) is 2.58. The molecule has 2 heterocycles. The number of methoxy groups -OCH3 is 1. The Morgan fingerprint density at radius 1 is 1.30 bits per heavy atom. The lowest BCUT2D eigenvalue weighted by molar-refractivity contribution is 0.0489. The van der Waals surface area contributed by atoms with E-state index in [2.05, 4.69) is 4.98 Å². The lowest BCUT2D eigenvalue weighted by Gasteiger charge is -2.20. The van der Waals surface area contributed by atoms with E-state index < -0.39 is 17.7 Å². The molecule has 2 aromatic rings. The molecule has 0 spiro atoms. The average molecular weight is 276 g/mol. The number of nitrogens with zero attached hydrogens (tertiary/aromatic N) is 2. The van der Waals surface area contributed by atoms with E-state index in [1.54, 1.807) is 39.1 Å². The summed E-state index contributed by atoms with van der Waals surface area (Å²) in [6, 6.07) is 3.29. The van der Waals surface area contributed by atoms with Crippen molar-refractivity contribution in [1.82, 2.24) is 9.55 Å². The minimum atomic E-state index is -0.663. The highest BCUT2D eigenvalue weighted by atomic mass is 16.6. The summed E-state index contributed by atoms with van der Waals surface area (Å²) in [7, 11) is 1.26.